The second-order valence-corrected chi connectivity index (χ2v) is 31.9. The topological polar surface area (TPSA) is 30.6 Å². The van der Waals surface area contributed by atoms with Crippen LogP contribution in [-0.2, 0) is 0 Å². The SMILES string of the molecule is Brc1ccc2cccc3c2c1c1cccc2c4ccccc4n3c21.c1ccc(N(c2ccccc2)c2ccc3sc4cc(N(c5ccccc5)c5ccc6cccc7c6c5c5cccc6c8ccccc8n7c65)ccc4c3c2)cc1.c1ccc(Nc2ccc3c(c2)sc2ccc(N(c4ccccc4)c4ccccc4)cc23)cc1. The Balaban J connectivity index is 0.000000115. The largest absolute Gasteiger partial charge is 0.355 e. The first-order chi connectivity index (χ1) is 56.0. The van der Waals surface area contributed by atoms with Crippen molar-refractivity contribution in [1.82, 2.24) is 8.80 Å². The first-order valence-corrected chi connectivity index (χ1v) is 40.7. The van der Waals surface area contributed by atoms with Gasteiger partial charge < -0.3 is 28.8 Å². The van der Waals surface area contributed by atoms with Crippen molar-refractivity contribution in [1.29, 1.82) is 0 Å². The molecule has 9 heteroatoms. The van der Waals surface area contributed by atoms with Gasteiger partial charge >= 0.3 is 0 Å². The minimum atomic E-state index is 1.10. The summed E-state index contributed by atoms with van der Waals surface area (Å²) in [7, 11) is 0. The van der Waals surface area contributed by atoms with Gasteiger partial charge in [-0.15, -0.1) is 22.7 Å². The third-order valence-electron chi connectivity index (χ3n) is 22.4. The van der Waals surface area contributed by atoms with Gasteiger partial charge in [-0.1, -0.05) is 246 Å². The molecule has 6 nitrogen and oxygen atoms in total. The molecular weight excluding hydrogens is 1480 g/mol. The number of fused-ring (bicyclic) bond motifs is 16. The van der Waals surface area contributed by atoms with Crippen LogP contribution in [0.15, 0.2) is 405 Å². The molecule has 113 heavy (non-hydrogen) atoms. The first kappa shape index (κ1) is 66.2. The van der Waals surface area contributed by atoms with Crippen LogP contribution in [0.25, 0.3) is 138 Å². The van der Waals surface area contributed by atoms with E-state index in [0.717, 1.165) is 61.3 Å². The average Bonchev–Trinajstić information content (AvgIpc) is 1.59. The number of benzene rings is 18. The van der Waals surface area contributed by atoms with Gasteiger partial charge in [-0.2, -0.15) is 0 Å². The smallest absolute Gasteiger partial charge is 0.0620 e. The zero-order chi connectivity index (χ0) is 74.6. The van der Waals surface area contributed by atoms with E-state index in [9.17, 15) is 0 Å². The lowest BCUT2D eigenvalue weighted by molar-refractivity contribution is 1.29. The van der Waals surface area contributed by atoms with Crippen molar-refractivity contribution in [2.45, 2.75) is 0 Å². The highest BCUT2D eigenvalue weighted by atomic mass is 79.9. The van der Waals surface area contributed by atoms with E-state index in [2.05, 4.69) is 427 Å². The highest BCUT2D eigenvalue weighted by Crippen LogP contribution is 2.51. The van der Waals surface area contributed by atoms with Crippen LogP contribution in [0.5, 0.6) is 0 Å². The maximum absolute atomic E-state index is 3.80. The quantitative estimate of drug-likeness (QED) is 0.103. The second kappa shape index (κ2) is 27.3. The predicted octanol–water partition coefficient (Wildman–Crippen LogP) is 31.3. The molecule has 6 aromatic heterocycles. The molecule has 0 aliphatic carbocycles. The number of para-hydroxylation sites is 10. The zero-order valence-corrected chi connectivity index (χ0v) is 64.3. The molecule has 0 bridgehead atoms. The molecule has 532 valence electrons. The lowest BCUT2D eigenvalue weighted by Crippen LogP contribution is -2.11. The van der Waals surface area contributed by atoms with Crippen LogP contribution in [0.1, 0.15) is 0 Å². The summed E-state index contributed by atoms with van der Waals surface area (Å²) in [5.74, 6) is 0. The maximum atomic E-state index is 3.80. The molecule has 1 N–H and O–H groups in total. The molecule has 0 aliphatic rings. The number of halogens is 1. The van der Waals surface area contributed by atoms with Crippen molar-refractivity contribution < 1.29 is 0 Å². The standard InChI is InChI=1S/C52H33N3S.C30H22N2S.C22H12BrN/c1-4-15-35(16-5-1)53(36-17-6-2-7-18-36)38-28-31-48-44(32-38)41-29-27-39(33-49(41)56-48)54(37-19-8-3-9-20-37)47-30-26-34-14-12-25-46-50(34)51(47)43-23-13-22-42-40-21-10-11-24-45(40)55(46)52(42)43;1-4-10-22(11-5-1)31-23-16-18-27-28-21-26(17-19-29(28)33-30(27)20-23)32(24-12-6-2-7-13-24)25-14-8-3-9-15-25;23-17-12-11-13-5-3-10-19-20(13)21(17)16-8-4-7-15-14-6-1-2-9-18(14)24(19)22(15)16/h1-33H;1-21,31H;1-12H. The molecular formula is C104H67BrN6S2. The zero-order valence-electron chi connectivity index (χ0n) is 61.0. The molecule has 0 saturated heterocycles. The van der Waals surface area contributed by atoms with Crippen molar-refractivity contribution in [3.8, 4) is 0 Å². The summed E-state index contributed by atoms with van der Waals surface area (Å²) in [5, 5.41) is 24.1. The fourth-order valence-electron chi connectivity index (χ4n) is 17.6. The normalized spacial score (nSPS) is 11.8. The molecule has 0 spiro atoms. The summed E-state index contributed by atoms with van der Waals surface area (Å²) >= 11 is 7.50. The van der Waals surface area contributed by atoms with E-state index in [1.165, 1.54) is 144 Å². The third-order valence-corrected chi connectivity index (χ3v) is 25.4. The molecule has 0 unspecified atom stereocenters. The molecule has 0 amide bonds. The summed E-state index contributed by atoms with van der Waals surface area (Å²) in [6.45, 7) is 0. The van der Waals surface area contributed by atoms with E-state index in [1.807, 2.05) is 40.9 Å². The number of hydrogen-bond donors (Lipinski definition) is 1. The van der Waals surface area contributed by atoms with Gasteiger partial charge in [0.2, 0.25) is 0 Å². The van der Waals surface area contributed by atoms with Gasteiger partial charge in [0.05, 0.1) is 38.8 Å². The third kappa shape index (κ3) is 11.1. The molecule has 0 radical (unpaired) electrons. The number of hydrogen-bond acceptors (Lipinski definition) is 6. The van der Waals surface area contributed by atoms with Crippen molar-refractivity contribution in [3.63, 3.8) is 0 Å². The Morgan fingerprint density at radius 3 is 1.12 bits per heavy atom. The van der Waals surface area contributed by atoms with E-state index in [4.69, 9.17) is 0 Å². The van der Waals surface area contributed by atoms with E-state index in [1.54, 1.807) is 0 Å². The molecule has 0 aliphatic heterocycles. The monoisotopic (exact) mass is 1540 g/mol. The second-order valence-electron chi connectivity index (χ2n) is 28.9. The summed E-state index contributed by atoms with van der Waals surface area (Å²) < 4.78 is 11.2. The van der Waals surface area contributed by atoms with Crippen LogP contribution < -0.4 is 20.0 Å². The number of pyridine rings is 2. The van der Waals surface area contributed by atoms with E-state index in [-0.39, 0.29) is 0 Å². The lowest BCUT2D eigenvalue weighted by atomic mass is 9.96. The van der Waals surface area contributed by atoms with Crippen LogP contribution in [0.4, 0.5) is 62.6 Å². The van der Waals surface area contributed by atoms with Crippen LogP contribution in [0, 0.1) is 0 Å². The molecule has 24 rings (SSSR count). The Morgan fingerprint density at radius 1 is 0.221 bits per heavy atom. The number of nitrogens with zero attached hydrogens (tertiary/aromatic N) is 5. The molecule has 18 aromatic carbocycles. The van der Waals surface area contributed by atoms with Gasteiger partial charge in [0, 0.05) is 156 Å². The van der Waals surface area contributed by atoms with Gasteiger partial charge in [-0.25, -0.2) is 0 Å². The van der Waals surface area contributed by atoms with Crippen molar-refractivity contribution in [3.05, 3.63) is 405 Å². The molecule has 0 atom stereocenters. The van der Waals surface area contributed by atoms with E-state index < -0.39 is 0 Å². The lowest BCUT2D eigenvalue weighted by Gasteiger charge is -2.28. The fraction of sp³-hybridized carbons (Fsp3) is 0. The van der Waals surface area contributed by atoms with Crippen LogP contribution in [-0.4, -0.2) is 8.80 Å². The Bertz CT molecular complexity index is 7660. The number of nitrogens with one attached hydrogen (secondary N) is 1. The van der Waals surface area contributed by atoms with Crippen LogP contribution in [0.2, 0.25) is 0 Å². The van der Waals surface area contributed by atoms with Gasteiger partial charge in [0.1, 0.15) is 0 Å². The van der Waals surface area contributed by atoms with E-state index >= 15 is 0 Å². The van der Waals surface area contributed by atoms with Gasteiger partial charge in [-0.05, 0) is 181 Å². The minimum absolute atomic E-state index is 1.10. The number of aromatic nitrogens is 2. The van der Waals surface area contributed by atoms with Gasteiger partial charge in [-0.3, -0.25) is 0 Å². The highest BCUT2D eigenvalue weighted by Gasteiger charge is 2.26. The van der Waals surface area contributed by atoms with Crippen molar-refractivity contribution in [2.75, 3.05) is 20.0 Å². The average molecular weight is 1540 g/mol. The minimum Gasteiger partial charge on any atom is -0.355 e. The fourth-order valence-corrected chi connectivity index (χ4v) is 20.4. The van der Waals surface area contributed by atoms with E-state index in [0.29, 0.717) is 0 Å². The summed E-state index contributed by atoms with van der Waals surface area (Å²) in [4.78, 5) is 7.12. The molecule has 24 aromatic rings. The highest BCUT2D eigenvalue weighted by molar-refractivity contribution is 9.10. The van der Waals surface area contributed by atoms with Gasteiger partial charge in [0.25, 0.3) is 0 Å². The number of thiophene rings is 2. The predicted molar refractivity (Wildman–Crippen MR) is 491 cm³/mol. The summed E-state index contributed by atoms with van der Waals surface area (Å²) in [5.41, 5.74) is 20.1. The maximum Gasteiger partial charge on any atom is 0.0620 e. The first-order valence-electron chi connectivity index (χ1n) is 38.2. The van der Waals surface area contributed by atoms with Gasteiger partial charge in [0.15, 0.2) is 0 Å². The number of anilines is 11. The van der Waals surface area contributed by atoms with Crippen molar-refractivity contribution >= 4 is 239 Å². The Kier molecular flexibility index (Phi) is 16.0. The van der Waals surface area contributed by atoms with Crippen LogP contribution in [0.3, 0.4) is 0 Å². The van der Waals surface area contributed by atoms with Crippen LogP contribution >= 0.6 is 38.6 Å². The van der Waals surface area contributed by atoms with Crippen molar-refractivity contribution in [2.24, 2.45) is 0 Å². The summed E-state index contributed by atoms with van der Waals surface area (Å²) in [6.07, 6.45) is 0. The molecule has 6 heterocycles. The summed E-state index contributed by atoms with van der Waals surface area (Å²) in [6, 6.07) is 144. The Hall–Kier alpha value is -13.8. The Morgan fingerprint density at radius 2 is 0.602 bits per heavy atom. The Labute approximate surface area is 667 Å². The molecule has 0 saturated carbocycles. The molecule has 0 fully saturated rings. The number of rotatable bonds is 11.